The third-order valence-corrected chi connectivity index (χ3v) is 5.06. The molecule has 0 amide bonds. The van der Waals surface area contributed by atoms with Crippen LogP contribution in [0.4, 0.5) is 4.39 Å². The molecule has 0 saturated heterocycles. The number of rotatable bonds is 2. The number of hydrogen-bond acceptors (Lipinski definition) is 1. The molecule has 1 unspecified atom stereocenters. The molecule has 3 heteroatoms. The Morgan fingerprint density at radius 3 is 2.30 bits per heavy atom. The van der Waals surface area contributed by atoms with Gasteiger partial charge < -0.3 is 5.73 Å². The highest BCUT2D eigenvalue weighted by Gasteiger charge is 2.32. The van der Waals surface area contributed by atoms with Crippen molar-refractivity contribution < 1.29 is 4.39 Å². The number of benzene rings is 1. The maximum atomic E-state index is 14.0. The lowest BCUT2D eigenvalue weighted by atomic mass is 9.68. The van der Waals surface area contributed by atoms with Crippen LogP contribution < -0.4 is 5.73 Å². The third kappa shape index (κ3) is 3.53. The van der Waals surface area contributed by atoms with E-state index in [1.165, 1.54) is 18.9 Å². The molecule has 1 atom stereocenters. The van der Waals surface area contributed by atoms with Crippen molar-refractivity contribution in [2.45, 2.75) is 52.5 Å². The summed E-state index contributed by atoms with van der Waals surface area (Å²) in [6.07, 6.45) is 4.56. The third-order valence-electron chi connectivity index (χ3n) is 4.83. The first-order valence-corrected chi connectivity index (χ1v) is 7.87. The summed E-state index contributed by atoms with van der Waals surface area (Å²) in [4.78, 5) is 0. The second-order valence-corrected chi connectivity index (χ2v) is 7.61. The molecule has 1 fully saturated rings. The van der Waals surface area contributed by atoms with E-state index in [1.807, 2.05) is 0 Å². The van der Waals surface area contributed by atoms with Crippen molar-refractivity contribution in [3.05, 3.63) is 34.6 Å². The van der Waals surface area contributed by atoms with Crippen LogP contribution in [0.1, 0.15) is 58.1 Å². The van der Waals surface area contributed by atoms with Gasteiger partial charge in [0.15, 0.2) is 0 Å². The van der Waals surface area contributed by atoms with E-state index in [1.54, 1.807) is 12.1 Å². The summed E-state index contributed by atoms with van der Waals surface area (Å²) in [5, 5.41) is 0.426. The molecule has 1 aromatic carbocycles. The van der Waals surface area contributed by atoms with Gasteiger partial charge in [0.05, 0.1) is 0 Å². The highest BCUT2D eigenvalue weighted by Crippen LogP contribution is 2.43. The molecule has 0 radical (unpaired) electrons. The summed E-state index contributed by atoms with van der Waals surface area (Å²) in [5.74, 6) is 0.855. The zero-order valence-electron chi connectivity index (χ0n) is 12.6. The van der Waals surface area contributed by atoms with Crippen LogP contribution >= 0.6 is 11.6 Å². The maximum absolute atomic E-state index is 14.0. The van der Waals surface area contributed by atoms with Gasteiger partial charge in [0.1, 0.15) is 5.82 Å². The van der Waals surface area contributed by atoms with Gasteiger partial charge in [-0.2, -0.15) is 0 Å². The van der Waals surface area contributed by atoms with Crippen LogP contribution in [0.2, 0.25) is 5.02 Å². The lowest BCUT2D eigenvalue weighted by Crippen LogP contribution is -2.31. The molecular formula is C17H25ClFN. The van der Waals surface area contributed by atoms with Crippen LogP contribution in [0.5, 0.6) is 0 Å². The Balaban J connectivity index is 2.03. The van der Waals surface area contributed by atoms with Crippen LogP contribution in [0, 0.1) is 23.1 Å². The van der Waals surface area contributed by atoms with E-state index < -0.39 is 0 Å². The predicted molar refractivity (Wildman–Crippen MR) is 83.2 cm³/mol. The molecule has 2 N–H and O–H groups in total. The predicted octanol–water partition coefficient (Wildman–Crippen LogP) is 5.33. The van der Waals surface area contributed by atoms with Gasteiger partial charge >= 0.3 is 0 Å². The lowest BCUT2D eigenvalue weighted by molar-refractivity contribution is 0.139. The van der Waals surface area contributed by atoms with E-state index in [2.05, 4.69) is 20.8 Å². The van der Waals surface area contributed by atoms with Crippen molar-refractivity contribution in [3.8, 4) is 0 Å². The largest absolute Gasteiger partial charge is 0.324 e. The van der Waals surface area contributed by atoms with Crippen LogP contribution in [0.15, 0.2) is 18.2 Å². The first kappa shape index (κ1) is 15.8. The zero-order valence-corrected chi connectivity index (χ0v) is 13.4. The van der Waals surface area contributed by atoms with Crippen LogP contribution in [-0.2, 0) is 0 Å². The van der Waals surface area contributed by atoms with E-state index in [-0.39, 0.29) is 11.9 Å². The quantitative estimate of drug-likeness (QED) is 0.784. The maximum Gasteiger partial charge on any atom is 0.129 e. The molecule has 0 bridgehead atoms. The Hall–Kier alpha value is -0.600. The Bertz CT molecular complexity index is 459. The van der Waals surface area contributed by atoms with Gasteiger partial charge in [-0.25, -0.2) is 4.39 Å². The van der Waals surface area contributed by atoms with Gasteiger partial charge in [-0.3, -0.25) is 0 Å². The van der Waals surface area contributed by atoms with Gasteiger partial charge in [-0.1, -0.05) is 38.4 Å². The molecule has 1 aliphatic rings. The van der Waals surface area contributed by atoms with Gasteiger partial charge in [0, 0.05) is 16.6 Å². The summed E-state index contributed by atoms with van der Waals surface area (Å²) >= 11 is 5.80. The highest BCUT2D eigenvalue weighted by atomic mass is 35.5. The van der Waals surface area contributed by atoms with Gasteiger partial charge in [-0.05, 0) is 55.1 Å². The Kier molecular flexibility index (Phi) is 4.76. The highest BCUT2D eigenvalue weighted by molar-refractivity contribution is 6.30. The molecular weight excluding hydrogens is 273 g/mol. The van der Waals surface area contributed by atoms with Crippen molar-refractivity contribution in [1.29, 1.82) is 0 Å². The summed E-state index contributed by atoms with van der Waals surface area (Å²) in [5.41, 5.74) is 7.26. The first-order valence-electron chi connectivity index (χ1n) is 7.49. The van der Waals surface area contributed by atoms with Crippen molar-refractivity contribution in [3.63, 3.8) is 0 Å². The molecule has 2 rings (SSSR count). The summed E-state index contributed by atoms with van der Waals surface area (Å²) < 4.78 is 14.0. The van der Waals surface area contributed by atoms with E-state index >= 15 is 0 Å². The second-order valence-electron chi connectivity index (χ2n) is 7.17. The van der Waals surface area contributed by atoms with E-state index in [4.69, 9.17) is 17.3 Å². The number of hydrogen-bond donors (Lipinski definition) is 1. The minimum absolute atomic E-state index is 0.215. The van der Waals surface area contributed by atoms with Gasteiger partial charge in [0.25, 0.3) is 0 Å². The Labute approximate surface area is 126 Å². The molecule has 20 heavy (non-hydrogen) atoms. The van der Waals surface area contributed by atoms with E-state index in [9.17, 15) is 4.39 Å². The molecule has 0 heterocycles. The molecule has 112 valence electrons. The van der Waals surface area contributed by atoms with Crippen LogP contribution in [0.25, 0.3) is 0 Å². The average Bonchev–Trinajstić information content (AvgIpc) is 2.37. The SMILES string of the molecule is CC(C)(C)C1CCC(C(N)c2ccc(Cl)cc2F)CC1. The number of halogens is 2. The fourth-order valence-electron chi connectivity index (χ4n) is 3.37. The normalized spacial score (nSPS) is 25.5. The fourth-order valence-corrected chi connectivity index (χ4v) is 3.53. The molecule has 1 nitrogen and oxygen atoms in total. The molecule has 0 aromatic heterocycles. The van der Waals surface area contributed by atoms with Gasteiger partial charge in [0.2, 0.25) is 0 Å². The van der Waals surface area contributed by atoms with Crippen molar-refractivity contribution in [2.75, 3.05) is 0 Å². The molecule has 1 aromatic rings. The minimum Gasteiger partial charge on any atom is -0.324 e. The van der Waals surface area contributed by atoms with E-state index in [0.717, 1.165) is 18.8 Å². The number of nitrogens with two attached hydrogens (primary N) is 1. The fraction of sp³-hybridized carbons (Fsp3) is 0.647. The second kappa shape index (κ2) is 6.03. The molecule has 0 aliphatic heterocycles. The lowest BCUT2D eigenvalue weighted by Gasteiger charge is -2.38. The van der Waals surface area contributed by atoms with Crippen LogP contribution in [-0.4, -0.2) is 0 Å². The summed E-state index contributed by atoms with van der Waals surface area (Å²) in [6.45, 7) is 6.91. The molecule has 1 saturated carbocycles. The monoisotopic (exact) mass is 297 g/mol. The molecule has 0 spiro atoms. The topological polar surface area (TPSA) is 26.0 Å². The van der Waals surface area contributed by atoms with Crippen molar-refractivity contribution in [2.24, 2.45) is 23.0 Å². The zero-order chi connectivity index (χ0) is 14.9. The smallest absolute Gasteiger partial charge is 0.129 e. The van der Waals surface area contributed by atoms with Crippen molar-refractivity contribution in [1.82, 2.24) is 0 Å². The standard InChI is InChI=1S/C17H25ClFN/c1-17(2,3)12-6-4-11(5-7-12)16(20)14-9-8-13(18)10-15(14)19/h8-12,16H,4-7,20H2,1-3H3. The molecule has 1 aliphatic carbocycles. The van der Waals surface area contributed by atoms with Crippen LogP contribution in [0.3, 0.4) is 0 Å². The van der Waals surface area contributed by atoms with Crippen molar-refractivity contribution >= 4 is 11.6 Å². The first-order chi connectivity index (χ1) is 9.29. The summed E-state index contributed by atoms with van der Waals surface area (Å²) in [6, 6.07) is 4.60. The average molecular weight is 298 g/mol. The van der Waals surface area contributed by atoms with E-state index in [0.29, 0.717) is 21.9 Å². The Morgan fingerprint density at radius 1 is 1.20 bits per heavy atom. The Morgan fingerprint density at radius 2 is 1.80 bits per heavy atom. The van der Waals surface area contributed by atoms with Gasteiger partial charge in [-0.15, -0.1) is 0 Å². The minimum atomic E-state index is -0.275. The summed E-state index contributed by atoms with van der Waals surface area (Å²) in [7, 11) is 0.